The molecule has 7 amide bonds. The summed E-state index contributed by atoms with van der Waals surface area (Å²) in [6.45, 7) is 15.7. The molecule has 0 heterocycles. The van der Waals surface area contributed by atoms with E-state index >= 15 is 0 Å². The van der Waals surface area contributed by atoms with Gasteiger partial charge in [0.15, 0.2) is 0 Å². The summed E-state index contributed by atoms with van der Waals surface area (Å²) in [7, 11) is 0. The number of carbonyl (C=O) groups is 7. The van der Waals surface area contributed by atoms with Gasteiger partial charge in [0.1, 0.15) is 0 Å². The van der Waals surface area contributed by atoms with Gasteiger partial charge in [0.25, 0.3) is 0 Å². The van der Waals surface area contributed by atoms with Crippen molar-refractivity contribution in [3.63, 3.8) is 0 Å². The molecule has 0 rings (SSSR count). The lowest BCUT2D eigenvalue weighted by molar-refractivity contribution is -0.132. The largest absolute Gasteiger partial charge is 0.339 e. The van der Waals surface area contributed by atoms with Crippen LogP contribution in [0.25, 0.3) is 0 Å². The first-order chi connectivity index (χ1) is 16.6. The Bertz CT molecular complexity index is 690. The van der Waals surface area contributed by atoms with Crippen LogP contribution in [0, 0.1) is 0 Å². The number of hydrogen-bond donors (Lipinski definition) is 4. The topological polar surface area (TPSA) is 177 Å². The molecule has 0 aliphatic carbocycles. The molecule has 0 spiro atoms. The second-order valence-corrected chi connectivity index (χ2v) is 7.37. The zero-order valence-corrected chi connectivity index (χ0v) is 22.9. The fraction of sp³-hybridized carbons (Fsp3) is 0.682. The van der Waals surface area contributed by atoms with Gasteiger partial charge >= 0.3 is 0 Å². The number of hydrogen-bond acceptors (Lipinski definition) is 7. The van der Waals surface area contributed by atoms with Crippen LogP contribution in [0.15, 0.2) is 0 Å². The maximum Gasteiger partial charge on any atom is 0.222 e. The Hall–Kier alpha value is -3.71. The smallest absolute Gasteiger partial charge is 0.222 e. The standard InChI is InChI=1S/C8H15N3O3.2C7H14N2O2/c1-6(12)9-4-11(8(3)14)5-10-7(2)13;2*1-4-9(7(3)11)5-8-6(2)10/h4-5H2,1-3H3,(H,9,12)(H,10,13);2*4-5H2,1-3H3,(H,8,10). The molecule has 0 aromatic rings. The minimum Gasteiger partial charge on any atom is -0.339 e. The molecule has 0 unspecified atom stereocenters. The zero-order valence-electron chi connectivity index (χ0n) is 22.9. The van der Waals surface area contributed by atoms with Gasteiger partial charge in [-0.2, -0.15) is 0 Å². The monoisotopic (exact) mass is 517 g/mol. The predicted molar refractivity (Wildman–Crippen MR) is 133 cm³/mol. The van der Waals surface area contributed by atoms with Crippen LogP contribution in [0.3, 0.4) is 0 Å². The molecule has 0 aromatic heterocycles. The second kappa shape index (κ2) is 21.8. The van der Waals surface area contributed by atoms with Crippen molar-refractivity contribution in [2.45, 2.75) is 62.3 Å². The van der Waals surface area contributed by atoms with Gasteiger partial charge in [-0.3, -0.25) is 33.6 Å². The van der Waals surface area contributed by atoms with Crippen molar-refractivity contribution in [3.8, 4) is 0 Å². The molecule has 0 fully saturated rings. The van der Waals surface area contributed by atoms with E-state index in [2.05, 4.69) is 21.3 Å². The highest BCUT2D eigenvalue weighted by molar-refractivity contribution is 5.77. The van der Waals surface area contributed by atoms with Crippen molar-refractivity contribution in [2.24, 2.45) is 0 Å². The van der Waals surface area contributed by atoms with Crippen molar-refractivity contribution >= 4 is 41.4 Å². The fourth-order valence-electron chi connectivity index (χ4n) is 2.00. The maximum absolute atomic E-state index is 11.0. The number of carbonyl (C=O) groups excluding carboxylic acids is 7. The van der Waals surface area contributed by atoms with Crippen LogP contribution < -0.4 is 21.3 Å². The van der Waals surface area contributed by atoms with Gasteiger partial charge < -0.3 is 36.0 Å². The van der Waals surface area contributed by atoms with Gasteiger partial charge in [-0.25, -0.2) is 0 Å². The van der Waals surface area contributed by atoms with Crippen LogP contribution in [0.5, 0.6) is 0 Å². The fourth-order valence-corrected chi connectivity index (χ4v) is 2.00. The van der Waals surface area contributed by atoms with Crippen LogP contribution >= 0.6 is 0 Å². The Balaban J connectivity index is -0.000000459. The van der Waals surface area contributed by atoms with E-state index in [9.17, 15) is 33.6 Å². The van der Waals surface area contributed by atoms with E-state index in [0.717, 1.165) is 0 Å². The number of nitrogens with one attached hydrogen (secondary N) is 4. The van der Waals surface area contributed by atoms with Crippen molar-refractivity contribution in [1.29, 1.82) is 0 Å². The lowest BCUT2D eigenvalue weighted by Crippen LogP contribution is -2.45. The van der Waals surface area contributed by atoms with E-state index in [1.54, 1.807) is 9.80 Å². The summed E-state index contributed by atoms with van der Waals surface area (Å²) < 4.78 is 0. The highest BCUT2D eigenvalue weighted by atomic mass is 16.2. The van der Waals surface area contributed by atoms with E-state index in [-0.39, 0.29) is 54.7 Å². The van der Waals surface area contributed by atoms with Gasteiger partial charge in [-0.15, -0.1) is 0 Å². The summed E-state index contributed by atoms with van der Waals surface area (Å²) in [6, 6.07) is 0. The van der Waals surface area contributed by atoms with Crippen LogP contribution in [0.2, 0.25) is 0 Å². The zero-order chi connectivity index (χ0) is 28.8. The maximum atomic E-state index is 11.0. The Morgan fingerprint density at radius 1 is 0.417 bits per heavy atom. The summed E-state index contributed by atoms with van der Waals surface area (Å²) in [6.07, 6.45) is 0. The molecule has 0 atom stereocenters. The van der Waals surface area contributed by atoms with E-state index in [1.807, 2.05) is 13.8 Å². The molecule has 14 heteroatoms. The Morgan fingerprint density at radius 3 is 0.750 bits per heavy atom. The van der Waals surface area contributed by atoms with Gasteiger partial charge in [0, 0.05) is 61.6 Å². The van der Waals surface area contributed by atoms with Crippen molar-refractivity contribution in [2.75, 3.05) is 39.8 Å². The minimum atomic E-state index is -0.223. The molecular weight excluding hydrogens is 474 g/mol. The van der Waals surface area contributed by atoms with Crippen molar-refractivity contribution in [1.82, 2.24) is 36.0 Å². The van der Waals surface area contributed by atoms with Gasteiger partial charge in [-0.05, 0) is 13.8 Å². The van der Waals surface area contributed by atoms with Crippen LogP contribution in [-0.4, -0.2) is 95.8 Å². The summed E-state index contributed by atoms with van der Waals surface area (Å²) in [4.78, 5) is 78.9. The lowest BCUT2D eigenvalue weighted by atomic mass is 10.5. The normalized spacial score (nSPS) is 9.03. The quantitative estimate of drug-likeness (QED) is 0.266. The lowest BCUT2D eigenvalue weighted by Gasteiger charge is -2.20. The summed E-state index contributed by atoms with van der Waals surface area (Å²) >= 11 is 0. The van der Waals surface area contributed by atoms with Gasteiger partial charge in [0.05, 0.1) is 26.7 Å². The molecule has 0 aromatic carbocycles. The molecule has 36 heavy (non-hydrogen) atoms. The first-order valence-electron chi connectivity index (χ1n) is 11.3. The van der Waals surface area contributed by atoms with E-state index in [1.165, 1.54) is 53.4 Å². The molecule has 0 aliphatic rings. The van der Waals surface area contributed by atoms with Crippen LogP contribution in [-0.2, 0) is 33.6 Å². The van der Waals surface area contributed by atoms with Crippen LogP contribution in [0.1, 0.15) is 62.3 Å². The summed E-state index contributed by atoms with van der Waals surface area (Å²) in [5, 5.41) is 10.0. The van der Waals surface area contributed by atoms with E-state index in [0.29, 0.717) is 26.4 Å². The van der Waals surface area contributed by atoms with Crippen molar-refractivity contribution < 1.29 is 33.6 Å². The molecule has 0 radical (unpaired) electrons. The molecular formula is C22H43N7O7. The van der Waals surface area contributed by atoms with E-state index < -0.39 is 0 Å². The number of nitrogens with zero attached hydrogens (tertiary/aromatic N) is 3. The minimum absolute atomic E-state index is 0.0266. The molecule has 14 nitrogen and oxygen atoms in total. The Labute approximate surface area is 213 Å². The summed E-state index contributed by atoms with van der Waals surface area (Å²) in [5.41, 5.74) is 0. The Kier molecular flexibility index (Phi) is 22.3. The predicted octanol–water partition coefficient (Wildman–Crippen LogP) is -1.08. The average Bonchev–Trinajstić information content (AvgIpc) is 2.74. The van der Waals surface area contributed by atoms with Crippen LogP contribution in [0.4, 0.5) is 0 Å². The number of amides is 7. The molecule has 0 aliphatic heterocycles. The van der Waals surface area contributed by atoms with Gasteiger partial charge in [-0.1, -0.05) is 0 Å². The molecule has 0 saturated heterocycles. The third kappa shape index (κ3) is 24.9. The SMILES string of the molecule is CC(=O)NCN(CNC(C)=O)C(C)=O.CCN(CNC(C)=O)C(C)=O.CCN(CNC(C)=O)C(C)=O. The Morgan fingerprint density at radius 2 is 0.611 bits per heavy atom. The third-order valence-corrected chi connectivity index (χ3v) is 4.17. The van der Waals surface area contributed by atoms with E-state index in [4.69, 9.17) is 0 Å². The molecule has 4 N–H and O–H groups in total. The highest BCUT2D eigenvalue weighted by Gasteiger charge is 2.08. The third-order valence-electron chi connectivity index (χ3n) is 4.17. The number of rotatable bonds is 10. The first kappa shape index (κ1) is 36.9. The molecule has 0 saturated carbocycles. The second-order valence-electron chi connectivity index (χ2n) is 7.37. The highest BCUT2D eigenvalue weighted by Crippen LogP contribution is 1.86. The van der Waals surface area contributed by atoms with Crippen molar-refractivity contribution in [3.05, 3.63) is 0 Å². The molecule has 0 bridgehead atoms. The summed E-state index contributed by atoms with van der Waals surface area (Å²) in [5.74, 6) is -0.956. The average molecular weight is 518 g/mol. The first-order valence-corrected chi connectivity index (χ1v) is 11.3. The molecule has 208 valence electrons. The van der Waals surface area contributed by atoms with Gasteiger partial charge in [0.2, 0.25) is 41.4 Å².